The molecular weight excluding hydrogens is 467 g/mol. The number of hydrogen-bond donors (Lipinski definition) is 2. The van der Waals surface area contributed by atoms with E-state index in [1.54, 1.807) is 6.26 Å². The molecule has 3 heterocycles. The number of guanidine groups is 1. The molecule has 0 amide bonds. The van der Waals surface area contributed by atoms with Crippen LogP contribution in [0.5, 0.6) is 0 Å². The average Bonchev–Trinajstić information content (AvgIpc) is 3.21. The molecule has 160 valence electrons. The number of halogens is 1. The Morgan fingerprint density at radius 3 is 2.71 bits per heavy atom. The van der Waals surface area contributed by atoms with E-state index in [0.717, 1.165) is 70.2 Å². The second-order valence-corrected chi connectivity index (χ2v) is 7.98. The van der Waals surface area contributed by atoms with Crippen molar-refractivity contribution < 1.29 is 9.15 Å². The fourth-order valence-corrected chi connectivity index (χ4v) is 3.81. The molecule has 1 aromatic rings. The van der Waals surface area contributed by atoms with E-state index in [9.17, 15) is 0 Å². The summed E-state index contributed by atoms with van der Waals surface area (Å²) in [6.07, 6.45) is 8.74. The van der Waals surface area contributed by atoms with Crippen LogP contribution in [0.2, 0.25) is 0 Å². The van der Waals surface area contributed by atoms with Crippen molar-refractivity contribution in [1.29, 1.82) is 0 Å². The Bertz CT molecular complexity index is 551. The monoisotopic (exact) mass is 504 g/mol. The molecule has 0 radical (unpaired) electrons. The number of piperidine rings is 1. The quantitative estimate of drug-likeness (QED) is 0.339. The van der Waals surface area contributed by atoms with Gasteiger partial charge in [0.15, 0.2) is 5.96 Å². The average molecular weight is 504 g/mol. The Morgan fingerprint density at radius 2 is 2.07 bits per heavy atom. The fourth-order valence-electron chi connectivity index (χ4n) is 3.81. The smallest absolute Gasteiger partial charge is 0.191 e. The standard InChI is InChI=1S/C21H36N4O2.HI/c1-17(2)25-12-9-18(10-13-25)24-21(22-11-8-19-7-5-15-26-19)23-16-20-6-3-4-14-27-20;/h5,7,15,17-18,20H,3-4,6,8-14,16H2,1-2H3,(H2,22,23,24);1H. The number of likely N-dealkylation sites (tertiary alicyclic amines) is 1. The highest BCUT2D eigenvalue weighted by Gasteiger charge is 2.22. The molecule has 2 fully saturated rings. The first-order valence-electron chi connectivity index (χ1n) is 10.6. The molecule has 0 aromatic carbocycles. The van der Waals surface area contributed by atoms with Crippen molar-refractivity contribution in [3.63, 3.8) is 0 Å². The lowest BCUT2D eigenvalue weighted by Crippen LogP contribution is -2.50. The maximum absolute atomic E-state index is 5.84. The minimum absolute atomic E-state index is 0. The van der Waals surface area contributed by atoms with Gasteiger partial charge in [-0.15, -0.1) is 24.0 Å². The van der Waals surface area contributed by atoms with Crippen LogP contribution in [0.25, 0.3) is 0 Å². The lowest BCUT2D eigenvalue weighted by atomic mass is 10.0. The summed E-state index contributed by atoms with van der Waals surface area (Å²) in [4.78, 5) is 7.39. The van der Waals surface area contributed by atoms with Gasteiger partial charge in [-0.3, -0.25) is 4.99 Å². The van der Waals surface area contributed by atoms with Crippen molar-refractivity contribution in [2.24, 2.45) is 4.99 Å². The summed E-state index contributed by atoms with van der Waals surface area (Å²) in [7, 11) is 0. The molecule has 28 heavy (non-hydrogen) atoms. The zero-order valence-corrected chi connectivity index (χ0v) is 19.7. The maximum Gasteiger partial charge on any atom is 0.191 e. The van der Waals surface area contributed by atoms with E-state index >= 15 is 0 Å². The highest BCUT2D eigenvalue weighted by molar-refractivity contribution is 14.0. The molecule has 1 aromatic heterocycles. The first-order chi connectivity index (χ1) is 13.2. The predicted octanol–water partition coefficient (Wildman–Crippen LogP) is 3.42. The van der Waals surface area contributed by atoms with E-state index in [0.29, 0.717) is 12.1 Å². The first-order valence-corrected chi connectivity index (χ1v) is 10.6. The molecule has 2 N–H and O–H groups in total. The molecule has 1 unspecified atom stereocenters. The van der Waals surface area contributed by atoms with Gasteiger partial charge in [-0.2, -0.15) is 0 Å². The molecule has 0 saturated carbocycles. The summed E-state index contributed by atoms with van der Waals surface area (Å²) >= 11 is 0. The molecule has 2 saturated heterocycles. The molecule has 7 heteroatoms. The van der Waals surface area contributed by atoms with E-state index in [4.69, 9.17) is 14.1 Å². The normalized spacial score (nSPS) is 22.1. The van der Waals surface area contributed by atoms with Crippen molar-refractivity contribution in [1.82, 2.24) is 15.5 Å². The maximum atomic E-state index is 5.84. The van der Waals surface area contributed by atoms with Crippen LogP contribution in [0.1, 0.15) is 51.7 Å². The molecule has 2 aliphatic rings. The lowest BCUT2D eigenvalue weighted by Gasteiger charge is -2.35. The van der Waals surface area contributed by atoms with Crippen LogP contribution in [0, 0.1) is 0 Å². The summed E-state index contributed by atoms with van der Waals surface area (Å²) in [5.74, 6) is 1.92. The Balaban J connectivity index is 0.00000280. The molecule has 2 aliphatic heterocycles. The van der Waals surface area contributed by atoms with E-state index in [1.807, 2.05) is 12.1 Å². The lowest BCUT2D eigenvalue weighted by molar-refractivity contribution is 0.0224. The van der Waals surface area contributed by atoms with Gasteiger partial charge in [-0.25, -0.2) is 0 Å². The van der Waals surface area contributed by atoms with Gasteiger partial charge in [0.1, 0.15) is 5.76 Å². The van der Waals surface area contributed by atoms with Crippen molar-refractivity contribution in [2.75, 3.05) is 32.8 Å². The van der Waals surface area contributed by atoms with Gasteiger partial charge < -0.3 is 24.7 Å². The summed E-state index contributed by atoms with van der Waals surface area (Å²) in [5, 5.41) is 7.15. The number of aliphatic imine (C=N–C) groups is 1. The van der Waals surface area contributed by atoms with Crippen LogP contribution in [0.4, 0.5) is 0 Å². The van der Waals surface area contributed by atoms with Crippen molar-refractivity contribution in [3.05, 3.63) is 24.2 Å². The summed E-state index contributed by atoms with van der Waals surface area (Å²) in [6.45, 7) is 9.29. The second kappa shape index (κ2) is 12.7. The Labute approximate surface area is 186 Å². The molecular formula is C21H37IN4O2. The van der Waals surface area contributed by atoms with Crippen LogP contribution in [-0.4, -0.2) is 61.8 Å². The first kappa shape index (κ1) is 23.5. The van der Waals surface area contributed by atoms with Crippen molar-refractivity contribution in [3.8, 4) is 0 Å². The molecule has 1 atom stereocenters. The van der Waals surface area contributed by atoms with E-state index < -0.39 is 0 Å². The third-order valence-electron chi connectivity index (χ3n) is 5.57. The number of hydrogen-bond acceptors (Lipinski definition) is 4. The molecule has 0 bridgehead atoms. The molecule has 0 spiro atoms. The molecule has 3 rings (SSSR count). The summed E-state index contributed by atoms with van der Waals surface area (Å²) in [6, 6.07) is 5.07. The summed E-state index contributed by atoms with van der Waals surface area (Å²) in [5.41, 5.74) is 0. The van der Waals surface area contributed by atoms with Crippen LogP contribution >= 0.6 is 24.0 Å². The summed E-state index contributed by atoms with van der Waals surface area (Å²) < 4.78 is 11.3. The van der Waals surface area contributed by atoms with Gasteiger partial charge in [-0.1, -0.05) is 0 Å². The molecule has 0 aliphatic carbocycles. The highest BCUT2D eigenvalue weighted by atomic mass is 127. The van der Waals surface area contributed by atoms with Crippen molar-refractivity contribution >= 4 is 29.9 Å². The number of rotatable bonds is 7. The minimum atomic E-state index is 0. The van der Waals surface area contributed by atoms with Gasteiger partial charge >= 0.3 is 0 Å². The van der Waals surface area contributed by atoms with Gasteiger partial charge in [0.05, 0.1) is 18.9 Å². The van der Waals surface area contributed by atoms with Gasteiger partial charge in [-0.05, 0) is 58.1 Å². The Morgan fingerprint density at radius 1 is 1.25 bits per heavy atom. The SMILES string of the molecule is CC(C)N1CCC(NC(=NCC2CCCCO2)NCCc2ccco2)CC1.I. The zero-order valence-electron chi connectivity index (χ0n) is 17.4. The topological polar surface area (TPSA) is 62.0 Å². The van der Waals surface area contributed by atoms with Gasteiger partial charge in [0.2, 0.25) is 0 Å². The van der Waals surface area contributed by atoms with Crippen LogP contribution in [-0.2, 0) is 11.2 Å². The third kappa shape index (κ3) is 7.91. The zero-order chi connectivity index (χ0) is 18.9. The van der Waals surface area contributed by atoms with E-state index in [1.165, 1.54) is 12.8 Å². The third-order valence-corrected chi connectivity index (χ3v) is 5.57. The Kier molecular flexibility index (Phi) is 10.6. The van der Waals surface area contributed by atoms with Crippen LogP contribution in [0.3, 0.4) is 0 Å². The largest absolute Gasteiger partial charge is 0.469 e. The van der Waals surface area contributed by atoms with E-state index in [-0.39, 0.29) is 30.1 Å². The Hall–Kier alpha value is -0.800. The highest BCUT2D eigenvalue weighted by Crippen LogP contribution is 2.14. The number of nitrogens with zero attached hydrogens (tertiary/aromatic N) is 2. The van der Waals surface area contributed by atoms with Crippen molar-refractivity contribution in [2.45, 2.75) is 70.6 Å². The predicted molar refractivity (Wildman–Crippen MR) is 125 cm³/mol. The number of ether oxygens (including phenoxy) is 1. The number of furan rings is 1. The van der Waals surface area contributed by atoms with Crippen LogP contribution in [0.15, 0.2) is 27.8 Å². The van der Waals surface area contributed by atoms with Crippen LogP contribution < -0.4 is 10.6 Å². The minimum Gasteiger partial charge on any atom is -0.469 e. The molecule has 6 nitrogen and oxygen atoms in total. The van der Waals surface area contributed by atoms with Gasteiger partial charge in [0.25, 0.3) is 0 Å². The second-order valence-electron chi connectivity index (χ2n) is 7.98. The van der Waals surface area contributed by atoms with E-state index in [2.05, 4.69) is 29.4 Å². The fraction of sp³-hybridized carbons (Fsp3) is 0.762. The number of nitrogens with one attached hydrogen (secondary N) is 2. The van der Waals surface area contributed by atoms with Gasteiger partial charge in [0, 0.05) is 44.7 Å².